The van der Waals surface area contributed by atoms with E-state index in [1.54, 1.807) is 0 Å². The van der Waals surface area contributed by atoms with E-state index in [-0.39, 0.29) is 31.1 Å². The number of esters is 3. The Morgan fingerprint density at radius 2 is 0.488 bits per heavy atom. The van der Waals surface area contributed by atoms with Crippen molar-refractivity contribution in [2.75, 3.05) is 13.2 Å². The smallest absolute Gasteiger partial charge is 0.306 e. The van der Waals surface area contributed by atoms with Crippen molar-refractivity contribution in [3.8, 4) is 0 Å². The van der Waals surface area contributed by atoms with Gasteiger partial charge in [0.2, 0.25) is 0 Å². The molecular formula is C76H132O6. The van der Waals surface area contributed by atoms with Crippen LogP contribution in [0.3, 0.4) is 0 Å². The van der Waals surface area contributed by atoms with Crippen molar-refractivity contribution in [3.05, 3.63) is 97.2 Å². The normalized spacial score (nSPS) is 12.7. The van der Waals surface area contributed by atoms with E-state index in [0.717, 1.165) is 116 Å². The van der Waals surface area contributed by atoms with Crippen LogP contribution in [0.25, 0.3) is 0 Å². The predicted molar refractivity (Wildman–Crippen MR) is 357 cm³/mol. The SMILES string of the molecule is CC/C=C\C/C=C\C/C=C\C/C=C\C/C=C\CCCCCCCCCCCC(=O)OCC(COC(=O)CCCCCCC/C=C\C/C=C\CCCC)OC(=O)CCCCCCCCCCCCCCC/C=C\CCCCCCCCCC. The molecule has 0 rings (SSSR count). The zero-order valence-corrected chi connectivity index (χ0v) is 54.2. The number of unbranched alkanes of at least 4 members (excludes halogenated alkanes) is 37. The molecule has 0 saturated carbocycles. The first-order chi connectivity index (χ1) is 40.5. The molecule has 0 fully saturated rings. The summed E-state index contributed by atoms with van der Waals surface area (Å²) in [5.74, 6) is -0.888. The van der Waals surface area contributed by atoms with Gasteiger partial charge in [0.15, 0.2) is 6.10 Å². The van der Waals surface area contributed by atoms with Crippen LogP contribution in [0.15, 0.2) is 97.2 Å². The summed E-state index contributed by atoms with van der Waals surface area (Å²) >= 11 is 0. The molecule has 0 aromatic heterocycles. The van der Waals surface area contributed by atoms with Gasteiger partial charge in [-0.05, 0) is 116 Å². The van der Waals surface area contributed by atoms with Crippen molar-refractivity contribution in [3.63, 3.8) is 0 Å². The number of hydrogen-bond donors (Lipinski definition) is 0. The van der Waals surface area contributed by atoms with Gasteiger partial charge in [-0.3, -0.25) is 14.4 Å². The molecule has 0 amide bonds. The Balaban J connectivity index is 4.32. The van der Waals surface area contributed by atoms with Gasteiger partial charge in [-0.15, -0.1) is 0 Å². The molecule has 0 saturated heterocycles. The van der Waals surface area contributed by atoms with Crippen molar-refractivity contribution in [1.29, 1.82) is 0 Å². The van der Waals surface area contributed by atoms with E-state index in [9.17, 15) is 14.4 Å². The van der Waals surface area contributed by atoms with Crippen molar-refractivity contribution >= 4 is 17.9 Å². The van der Waals surface area contributed by atoms with E-state index in [2.05, 4.69) is 118 Å². The number of carbonyl (C=O) groups is 3. The lowest BCUT2D eigenvalue weighted by molar-refractivity contribution is -0.167. The Morgan fingerprint density at radius 3 is 0.793 bits per heavy atom. The van der Waals surface area contributed by atoms with Crippen LogP contribution >= 0.6 is 0 Å². The highest BCUT2D eigenvalue weighted by Crippen LogP contribution is 2.17. The third-order valence-electron chi connectivity index (χ3n) is 15.3. The Labute approximate surface area is 508 Å². The van der Waals surface area contributed by atoms with Crippen LogP contribution in [0.5, 0.6) is 0 Å². The topological polar surface area (TPSA) is 78.9 Å². The van der Waals surface area contributed by atoms with Gasteiger partial charge in [0.25, 0.3) is 0 Å². The maximum Gasteiger partial charge on any atom is 0.306 e. The molecule has 0 aromatic rings. The zero-order valence-electron chi connectivity index (χ0n) is 54.2. The van der Waals surface area contributed by atoms with Crippen molar-refractivity contribution < 1.29 is 28.6 Å². The van der Waals surface area contributed by atoms with Crippen LogP contribution < -0.4 is 0 Å². The third kappa shape index (κ3) is 67.1. The van der Waals surface area contributed by atoms with Gasteiger partial charge in [0.05, 0.1) is 0 Å². The van der Waals surface area contributed by atoms with Gasteiger partial charge in [0.1, 0.15) is 13.2 Å². The highest BCUT2D eigenvalue weighted by Gasteiger charge is 2.19. The minimum atomic E-state index is -0.788. The molecule has 0 heterocycles. The molecule has 0 aliphatic heterocycles. The van der Waals surface area contributed by atoms with E-state index in [4.69, 9.17) is 14.2 Å². The lowest BCUT2D eigenvalue weighted by atomic mass is 10.0. The van der Waals surface area contributed by atoms with E-state index in [1.165, 1.54) is 193 Å². The largest absolute Gasteiger partial charge is 0.462 e. The quantitative estimate of drug-likeness (QED) is 0.0261. The molecule has 472 valence electrons. The molecule has 0 spiro atoms. The molecular weight excluding hydrogens is 1010 g/mol. The van der Waals surface area contributed by atoms with Gasteiger partial charge < -0.3 is 14.2 Å². The molecule has 0 N–H and O–H groups in total. The molecule has 0 aliphatic rings. The van der Waals surface area contributed by atoms with Crippen molar-refractivity contribution in [2.24, 2.45) is 0 Å². The number of hydrogen-bond acceptors (Lipinski definition) is 6. The van der Waals surface area contributed by atoms with Gasteiger partial charge in [0, 0.05) is 19.3 Å². The molecule has 0 aromatic carbocycles. The van der Waals surface area contributed by atoms with Gasteiger partial charge in [-0.2, -0.15) is 0 Å². The summed E-state index contributed by atoms with van der Waals surface area (Å²) < 4.78 is 17.0. The average molecular weight is 1140 g/mol. The van der Waals surface area contributed by atoms with E-state index < -0.39 is 6.10 Å². The van der Waals surface area contributed by atoms with Crippen LogP contribution in [-0.4, -0.2) is 37.2 Å². The van der Waals surface area contributed by atoms with Crippen LogP contribution in [0.4, 0.5) is 0 Å². The Morgan fingerprint density at radius 1 is 0.256 bits per heavy atom. The van der Waals surface area contributed by atoms with Crippen molar-refractivity contribution in [2.45, 2.75) is 354 Å². The second kappa shape index (κ2) is 69.8. The summed E-state index contributed by atoms with van der Waals surface area (Å²) in [7, 11) is 0. The summed E-state index contributed by atoms with van der Waals surface area (Å²) in [5, 5.41) is 0. The van der Waals surface area contributed by atoms with Crippen LogP contribution in [0.2, 0.25) is 0 Å². The predicted octanol–water partition coefficient (Wildman–Crippen LogP) is 24.4. The van der Waals surface area contributed by atoms with Crippen LogP contribution in [-0.2, 0) is 28.6 Å². The summed E-state index contributed by atoms with van der Waals surface area (Å²) in [6.07, 6.45) is 94.3. The van der Waals surface area contributed by atoms with Gasteiger partial charge >= 0.3 is 17.9 Å². The Hall–Kier alpha value is -3.67. The first-order valence-corrected chi connectivity index (χ1v) is 35.2. The molecule has 82 heavy (non-hydrogen) atoms. The highest BCUT2D eigenvalue weighted by atomic mass is 16.6. The molecule has 6 nitrogen and oxygen atoms in total. The van der Waals surface area contributed by atoms with Crippen molar-refractivity contribution in [1.82, 2.24) is 0 Å². The monoisotopic (exact) mass is 1140 g/mol. The summed E-state index contributed by atoms with van der Waals surface area (Å²) in [6, 6.07) is 0. The van der Waals surface area contributed by atoms with E-state index in [1.807, 2.05) is 0 Å². The fourth-order valence-electron chi connectivity index (χ4n) is 10.0. The second-order valence-electron chi connectivity index (χ2n) is 23.4. The summed E-state index contributed by atoms with van der Waals surface area (Å²) in [6.45, 7) is 6.51. The molecule has 0 aliphatic carbocycles. The number of rotatable bonds is 64. The number of ether oxygens (including phenoxy) is 3. The van der Waals surface area contributed by atoms with Crippen LogP contribution in [0, 0.1) is 0 Å². The fraction of sp³-hybridized carbons (Fsp3) is 0.750. The lowest BCUT2D eigenvalue weighted by Gasteiger charge is -2.18. The molecule has 1 unspecified atom stereocenters. The zero-order chi connectivity index (χ0) is 59.2. The number of allylic oxidation sites excluding steroid dienone is 16. The second-order valence-corrected chi connectivity index (χ2v) is 23.4. The minimum absolute atomic E-state index is 0.0837. The van der Waals surface area contributed by atoms with Gasteiger partial charge in [-0.25, -0.2) is 0 Å². The maximum absolute atomic E-state index is 13.0. The fourth-order valence-corrected chi connectivity index (χ4v) is 10.0. The van der Waals surface area contributed by atoms with E-state index >= 15 is 0 Å². The van der Waals surface area contributed by atoms with Gasteiger partial charge in [-0.1, -0.05) is 311 Å². The lowest BCUT2D eigenvalue weighted by Crippen LogP contribution is -2.30. The third-order valence-corrected chi connectivity index (χ3v) is 15.3. The molecule has 1 atom stereocenters. The molecule has 0 bridgehead atoms. The highest BCUT2D eigenvalue weighted by molar-refractivity contribution is 5.71. The molecule has 6 heteroatoms. The first-order valence-electron chi connectivity index (χ1n) is 35.2. The van der Waals surface area contributed by atoms with E-state index in [0.29, 0.717) is 19.3 Å². The Bertz CT molecular complexity index is 1590. The van der Waals surface area contributed by atoms with Crippen LogP contribution in [0.1, 0.15) is 348 Å². The Kier molecular flexibility index (Phi) is 66.7. The first kappa shape index (κ1) is 78.3. The maximum atomic E-state index is 13.0. The summed E-state index contributed by atoms with van der Waals surface area (Å²) in [5.41, 5.74) is 0. The summed E-state index contributed by atoms with van der Waals surface area (Å²) in [4.78, 5) is 38.4. The number of carbonyl (C=O) groups excluding carboxylic acids is 3. The average Bonchev–Trinajstić information content (AvgIpc) is 3.47. The minimum Gasteiger partial charge on any atom is -0.462 e. The standard InChI is InChI=1S/C76H132O6/c1-4-7-10-13-16-19-22-25-28-30-32-34-36-38-40-42-44-46-48-51-54-57-60-63-66-69-75(78)81-72-73(71-80-74(77)68-65-62-59-56-53-50-27-24-21-18-15-12-9-6-3)82-76(79)70-67-64-61-58-55-52-49-47-45-43-41-39-37-35-33-31-29-26-23-20-17-14-11-8-5-2/h7,10,15-16,18-19,24-25,27-28,31-34,38,40,73H,4-6,8-9,11-14,17,20-23,26,29-30,35-37,39,41-72H2,1-3H3/b10-7-,18-15-,19-16-,27-24-,28-25-,33-31-,34-32-,40-38-. The molecule has 0 radical (unpaired) electrons.